The first-order valence-electron chi connectivity index (χ1n) is 47.8. The summed E-state index contributed by atoms with van der Waals surface area (Å²) in [6.07, 6.45) is 2.50. The van der Waals surface area contributed by atoms with Crippen LogP contribution in [0.5, 0.6) is 11.5 Å². The van der Waals surface area contributed by atoms with Gasteiger partial charge in [-0.25, -0.2) is 50.3 Å². The van der Waals surface area contributed by atoms with Crippen molar-refractivity contribution in [2.75, 3.05) is 73.9 Å². The monoisotopic (exact) mass is 2120 g/mol. The summed E-state index contributed by atoms with van der Waals surface area (Å²) in [7, 11) is -7.31. The molecule has 4 aromatic heterocycles. The molecule has 0 saturated heterocycles. The van der Waals surface area contributed by atoms with Crippen molar-refractivity contribution < 1.29 is 101 Å². The van der Waals surface area contributed by atoms with E-state index in [1.807, 2.05) is 0 Å². The Morgan fingerprint density at radius 3 is 1.23 bits per heavy atom. The summed E-state index contributed by atoms with van der Waals surface area (Å²) in [5.41, 5.74) is 4.72. The van der Waals surface area contributed by atoms with Gasteiger partial charge in [-0.05, 0) is 195 Å². The van der Waals surface area contributed by atoms with E-state index in [4.69, 9.17) is 46.2 Å². The number of carbonyl (C=O) groups excluding carboxylic acids is 11. The number of alkyl carbamates (subject to hydrolysis) is 1. The number of amides is 11. The highest BCUT2D eigenvalue weighted by atomic mass is 35.5. The van der Waals surface area contributed by atoms with Gasteiger partial charge in [0, 0.05) is 78.1 Å². The number of hydrogen-bond acceptors (Lipinski definition) is 26. The third-order valence-electron chi connectivity index (χ3n) is 22.9. The second-order valence-corrected chi connectivity index (χ2v) is 42.7. The normalized spacial score (nSPS) is 12.5. The highest BCUT2D eigenvalue weighted by Crippen LogP contribution is 2.37. The van der Waals surface area contributed by atoms with Crippen LogP contribution in [0, 0.1) is 23.5 Å². The van der Waals surface area contributed by atoms with Crippen LogP contribution in [0.2, 0.25) is 10.0 Å². The number of sulfone groups is 2. The van der Waals surface area contributed by atoms with Crippen molar-refractivity contribution in [2.45, 2.75) is 149 Å². The van der Waals surface area contributed by atoms with Gasteiger partial charge in [-0.1, -0.05) is 136 Å². The molecule has 11 N–H and O–H groups in total. The van der Waals surface area contributed by atoms with E-state index in [9.17, 15) is 78.4 Å². The van der Waals surface area contributed by atoms with Crippen LogP contribution in [0.1, 0.15) is 108 Å². The van der Waals surface area contributed by atoms with E-state index in [2.05, 4.69) is 78.4 Å². The molecule has 43 heteroatoms. The largest absolute Gasteiger partial charge is 0.487 e. The van der Waals surface area contributed by atoms with Crippen LogP contribution >= 0.6 is 23.2 Å². The Morgan fingerprint density at radius 1 is 0.423 bits per heavy atom. The Balaban J connectivity index is 0.636. The minimum absolute atomic E-state index is 0.0213. The number of anilines is 4. The molecular formula is C106H117Cl2F2N17O20S2. The minimum Gasteiger partial charge on any atom is -0.487 e. The van der Waals surface area contributed by atoms with Crippen molar-refractivity contribution >= 4 is 153 Å². The lowest BCUT2D eigenvalue weighted by Crippen LogP contribution is -2.57. The summed E-state index contributed by atoms with van der Waals surface area (Å²) in [5.74, 6) is -7.71. The molecule has 0 aliphatic heterocycles. The van der Waals surface area contributed by atoms with E-state index < -0.39 is 183 Å². The highest BCUT2D eigenvalue weighted by Gasteiger charge is 2.34. The number of halogens is 4. The maximum atomic E-state index is 14.6. The average molecular weight is 2120 g/mol. The van der Waals surface area contributed by atoms with Gasteiger partial charge in [-0.3, -0.25) is 47.9 Å². The molecule has 12 aromatic rings. The summed E-state index contributed by atoms with van der Waals surface area (Å²) in [5, 5.41) is 31.5. The number of fused-ring (bicyclic) bond motifs is 2. The highest BCUT2D eigenvalue weighted by molar-refractivity contribution is 7.90. The standard InChI is InChI=1S/C106H117Cl2F2N17O20S2/c1-64(2)44-85(101(134)113-56-96(131)126(40-42-148(8,139)140)58-76-30-37-89(145-76)70-26-32-82-78(50-70)98(117-62-115-82)119-74-28-35-91(80(107)52-74)143-60-68-22-16-24-72(109)46-68)123-103(136)87(48-66-18-12-10-13-19-66)121-94(129)54-111-93(128)39-34-84(125-105(138)147-106(5,6)7)100(133)112-55-95(130)122-88(49-67-20-14-11-15-21-67)104(137)124-86(45-65(3)4)102(135)114-57-97(132)127(41-43-149(9,141)142)59-77-31-38-90(146-77)71-27-33-83-79(51-71)99(118-63-116-83)120-75-29-36-92(81(108)53-75)144-61-69-23-17-25-73(110)47-69/h10-33,35-38,46-47,50-53,62-65,84-88H,34,39-45,48-49,54-61H2,1-9H3,(H,111,128)(H,112,133)(H,113,134)(H,114,135)(H,121,129)(H,122,130)(H,123,136)(H,124,137)(H,125,138)(H,115,117,119)(H,116,118,120). The third kappa shape index (κ3) is 36.0. The second-order valence-electron chi connectivity index (χ2n) is 37.4. The van der Waals surface area contributed by atoms with E-state index in [1.165, 1.54) is 46.7 Å². The Hall–Kier alpha value is -15.5. The molecule has 786 valence electrons. The number of carbonyl (C=O) groups is 11. The number of hydrogen-bond donors (Lipinski definition) is 11. The van der Waals surface area contributed by atoms with Crippen molar-refractivity contribution in [3.63, 3.8) is 0 Å². The second kappa shape index (κ2) is 52.7. The fraction of sp³-hybridized carbons (Fsp3) is 0.330. The van der Waals surface area contributed by atoms with Crippen LogP contribution in [0.25, 0.3) is 44.5 Å². The Labute approximate surface area is 869 Å². The van der Waals surface area contributed by atoms with Gasteiger partial charge in [0.25, 0.3) is 0 Å². The van der Waals surface area contributed by atoms with Crippen molar-refractivity contribution in [3.8, 4) is 34.1 Å². The van der Waals surface area contributed by atoms with E-state index in [0.29, 0.717) is 101 Å². The summed E-state index contributed by atoms with van der Waals surface area (Å²) in [6, 6.07) is 49.3. The zero-order valence-electron chi connectivity index (χ0n) is 83.2. The van der Waals surface area contributed by atoms with Gasteiger partial charge in [0.2, 0.25) is 59.1 Å². The topological polar surface area (TPSA) is 500 Å². The minimum atomic E-state index is -3.66. The van der Waals surface area contributed by atoms with Crippen molar-refractivity contribution in [3.05, 3.63) is 274 Å². The molecule has 5 unspecified atom stereocenters. The molecule has 0 aliphatic rings. The number of rotatable bonds is 51. The van der Waals surface area contributed by atoms with Crippen LogP contribution < -0.4 is 68.0 Å². The molecule has 149 heavy (non-hydrogen) atoms. The van der Waals surface area contributed by atoms with Crippen LogP contribution in [0.3, 0.4) is 0 Å². The smallest absolute Gasteiger partial charge is 0.408 e. The lowest BCUT2D eigenvalue weighted by atomic mass is 10.0. The van der Waals surface area contributed by atoms with Crippen LogP contribution in [0.15, 0.2) is 228 Å². The number of furan rings is 2. The van der Waals surface area contributed by atoms with Crippen LogP contribution in [-0.2, 0) is 112 Å². The maximum Gasteiger partial charge on any atom is 0.408 e. The first kappa shape index (κ1) is 112. The Kier molecular flexibility index (Phi) is 39.7. The molecule has 12 rings (SSSR count). The lowest BCUT2D eigenvalue weighted by molar-refractivity contribution is -0.135. The molecule has 0 radical (unpaired) electrons. The zero-order valence-corrected chi connectivity index (χ0v) is 86.4. The summed E-state index contributed by atoms with van der Waals surface area (Å²) in [6.45, 7) is 8.02. The van der Waals surface area contributed by atoms with E-state index in [0.717, 1.165) is 12.5 Å². The predicted octanol–water partition coefficient (Wildman–Crippen LogP) is 12.4. The molecule has 0 aliphatic carbocycles. The zero-order chi connectivity index (χ0) is 107. The first-order valence-corrected chi connectivity index (χ1v) is 52.6. The van der Waals surface area contributed by atoms with Gasteiger partial charge in [-0.15, -0.1) is 0 Å². The molecule has 0 fully saturated rings. The van der Waals surface area contributed by atoms with E-state index in [1.54, 1.807) is 230 Å². The number of ether oxygens (including phenoxy) is 3. The molecule has 0 bridgehead atoms. The van der Waals surface area contributed by atoms with Gasteiger partial charge in [0.15, 0.2) is 0 Å². The summed E-state index contributed by atoms with van der Waals surface area (Å²) < 4.78 is 108. The molecular weight excluding hydrogens is 2000 g/mol. The number of nitrogens with one attached hydrogen (secondary N) is 11. The quantitative estimate of drug-likeness (QED) is 0.0169. The molecule has 8 aromatic carbocycles. The van der Waals surface area contributed by atoms with Gasteiger partial charge in [0.05, 0.1) is 71.9 Å². The van der Waals surface area contributed by atoms with E-state index in [-0.39, 0.29) is 98.5 Å². The lowest BCUT2D eigenvalue weighted by Gasteiger charge is -2.26. The summed E-state index contributed by atoms with van der Waals surface area (Å²) in [4.78, 5) is 176. The van der Waals surface area contributed by atoms with Crippen molar-refractivity contribution in [1.82, 2.24) is 77.6 Å². The summed E-state index contributed by atoms with van der Waals surface area (Å²) >= 11 is 13.3. The molecule has 5 atom stereocenters. The number of benzene rings is 8. The van der Waals surface area contributed by atoms with Crippen LogP contribution in [0.4, 0.5) is 36.6 Å². The molecule has 0 saturated carbocycles. The van der Waals surface area contributed by atoms with Crippen molar-refractivity contribution in [2.24, 2.45) is 11.8 Å². The number of aromatic nitrogens is 4. The van der Waals surface area contributed by atoms with Crippen LogP contribution in [-0.4, -0.2) is 211 Å². The van der Waals surface area contributed by atoms with Gasteiger partial charge in [0.1, 0.15) is 139 Å². The van der Waals surface area contributed by atoms with E-state index >= 15 is 0 Å². The average Bonchev–Trinajstić information content (AvgIpc) is 1.79. The van der Waals surface area contributed by atoms with Gasteiger partial charge >= 0.3 is 6.09 Å². The SMILES string of the molecule is CC(C)CC(NC(=O)C(Cc1ccccc1)NC(=O)CNC(=O)CCC(NC(=O)OC(C)(C)C)C(=O)NCC(=O)NC(Cc1ccccc1)C(=O)NC(CC(C)C)C(=O)NCC(=O)N(CCS(C)(=O)=O)Cc1ccc(-c2ccc3ncnc(Nc4ccc(OCc5cccc(F)c5)c(Cl)c4)c3c2)o1)C(=O)NCC(=O)N(CCS(C)(=O)=O)Cc1ccc(-c2ccc3ncnc(Nc4ccc(OCc5cccc(F)c5)c(Cl)c4)c3c2)o1. The Bertz CT molecular complexity index is 7050. The molecule has 11 amide bonds. The molecule has 0 spiro atoms. The maximum absolute atomic E-state index is 14.6. The molecule has 37 nitrogen and oxygen atoms in total. The fourth-order valence-corrected chi connectivity index (χ4v) is 17.1. The van der Waals surface area contributed by atoms with Gasteiger partial charge in [-0.2, -0.15) is 0 Å². The Morgan fingerprint density at radius 2 is 0.832 bits per heavy atom. The third-order valence-corrected chi connectivity index (χ3v) is 25.3. The first-order chi connectivity index (χ1) is 70.9. The molecule has 4 heterocycles. The van der Waals surface area contributed by atoms with Gasteiger partial charge < -0.3 is 91.3 Å². The van der Waals surface area contributed by atoms with Crippen molar-refractivity contribution in [1.29, 1.82) is 0 Å². The fourth-order valence-electron chi connectivity index (χ4n) is 15.5. The number of nitrogens with zero attached hydrogens (tertiary/aromatic N) is 6. The predicted molar refractivity (Wildman–Crippen MR) is 557 cm³/mol.